The van der Waals surface area contributed by atoms with E-state index in [-0.39, 0.29) is 11.9 Å². The second-order valence-corrected chi connectivity index (χ2v) is 5.73. The van der Waals surface area contributed by atoms with Crippen LogP contribution in [0.15, 0.2) is 24.4 Å². The minimum atomic E-state index is 0.0463. The molecule has 0 bridgehead atoms. The van der Waals surface area contributed by atoms with Crippen molar-refractivity contribution in [1.82, 2.24) is 19.9 Å². The Bertz CT molecular complexity index is 623. The smallest absolute Gasteiger partial charge is 0.220 e. The number of hydrogen-bond acceptors (Lipinski definition) is 4. The van der Waals surface area contributed by atoms with E-state index < -0.39 is 0 Å². The predicted octanol–water partition coefficient (Wildman–Crippen LogP) is 1.25. The van der Waals surface area contributed by atoms with Gasteiger partial charge in [-0.25, -0.2) is 0 Å². The molecule has 2 atom stereocenters. The van der Waals surface area contributed by atoms with Gasteiger partial charge in [0.1, 0.15) is 0 Å². The van der Waals surface area contributed by atoms with Crippen molar-refractivity contribution in [2.45, 2.75) is 44.7 Å². The van der Waals surface area contributed by atoms with E-state index in [9.17, 15) is 4.79 Å². The summed E-state index contributed by atoms with van der Waals surface area (Å²) in [6, 6.07) is 5.89. The molecular formula is C15H21N5O. The van der Waals surface area contributed by atoms with Gasteiger partial charge in [-0.05, 0) is 30.9 Å². The minimum absolute atomic E-state index is 0.0463. The summed E-state index contributed by atoms with van der Waals surface area (Å²) < 4.78 is 1.88. The normalized spacial score (nSPS) is 22.3. The van der Waals surface area contributed by atoms with Gasteiger partial charge in [0.15, 0.2) is 11.5 Å². The largest absolute Gasteiger partial charge is 0.349 e. The van der Waals surface area contributed by atoms with E-state index in [2.05, 4.69) is 15.5 Å². The molecule has 1 fully saturated rings. The number of amides is 1. The summed E-state index contributed by atoms with van der Waals surface area (Å²) in [6.45, 7) is 0.395. The molecule has 1 saturated carbocycles. The van der Waals surface area contributed by atoms with E-state index in [0.29, 0.717) is 18.9 Å². The van der Waals surface area contributed by atoms with Crippen LogP contribution in [0, 0.1) is 5.92 Å². The summed E-state index contributed by atoms with van der Waals surface area (Å²) in [6.07, 6.45) is 6.87. The molecule has 3 N–H and O–H groups in total. The molecule has 2 aromatic heterocycles. The average Bonchev–Trinajstić information content (AvgIpc) is 2.91. The number of carbonyl (C=O) groups excluding carboxylic acids is 1. The quantitative estimate of drug-likeness (QED) is 0.886. The molecule has 1 aliphatic rings. The highest BCUT2D eigenvalue weighted by molar-refractivity contribution is 5.76. The molecule has 0 spiro atoms. The van der Waals surface area contributed by atoms with Gasteiger partial charge >= 0.3 is 0 Å². The Morgan fingerprint density at radius 2 is 2.19 bits per heavy atom. The van der Waals surface area contributed by atoms with Crippen molar-refractivity contribution in [2.24, 2.45) is 11.7 Å². The molecule has 21 heavy (non-hydrogen) atoms. The molecule has 1 aliphatic carbocycles. The Balaban J connectivity index is 1.56. The van der Waals surface area contributed by atoms with E-state index in [1.54, 1.807) is 0 Å². The molecule has 112 valence electrons. The molecule has 6 heteroatoms. The molecule has 2 unspecified atom stereocenters. The van der Waals surface area contributed by atoms with Gasteiger partial charge in [-0.3, -0.25) is 9.20 Å². The minimum Gasteiger partial charge on any atom is -0.349 e. The van der Waals surface area contributed by atoms with E-state index in [1.165, 1.54) is 12.8 Å². The number of fused-ring (bicyclic) bond motifs is 1. The molecule has 0 radical (unpaired) electrons. The van der Waals surface area contributed by atoms with E-state index in [4.69, 9.17) is 5.73 Å². The van der Waals surface area contributed by atoms with Crippen LogP contribution in [0.3, 0.4) is 0 Å². The summed E-state index contributed by atoms with van der Waals surface area (Å²) >= 11 is 0. The first kappa shape index (κ1) is 14.0. The highest BCUT2D eigenvalue weighted by atomic mass is 16.1. The van der Waals surface area contributed by atoms with Gasteiger partial charge in [0, 0.05) is 18.7 Å². The standard InChI is InChI=1S/C15H21N5O/c16-12-6-2-1-5-11(12)9-15(21)17-10-14-19-18-13-7-3-4-8-20(13)14/h3-4,7-8,11-12H,1-2,5-6,9-10,16H2,(H,17,21). The second-order valence-electron chi connectivity index (χ2n) is 5.73. The van der Waals surface area contributed by atoms with Crippen molar-refractivity contribution < 1.29 is 4.79 Å². The molecule has 2 aromatic rings. The third-order valence-corrected chi connectivity index (χ3v) is 4.24. The molecular weight excluding hydrogens is 266 g/mol. The molecule has 0 aromatic carbocycles. The zero-order valence-corrected chi connectivity index (χ0v) is 12.0. The van der Waals surface area contributed by atoms with Crippen LogP contribution in [0.25, 0.3) is 5.65 Å². The van der Waals surface area contributed by atoms with Crippen LogP contribution >= 0.6 is 0 Å². The van der Waals surface area contributed by atoms with Crippen LogP contribution in [0.1, 0.15) is 37.9 Å². The van der Waals surface area contributed by atoms with Crippen molar-refractivity contribution >= 4 is 11.6 Å². The summed E-state index contributed by atoms with van der Waals surface area (Å²) in [7, 11) is 0. The highest BCUT2D eigenvalue weighted by Gasteiger charge is 2.24. The zero-order valence-electron chi connectivity index (χ0n) is 12.0. The van der Waals surface area contributed by atoms with Crippen LogP contribution in [0.2, 0.25) is 0 Å². The first-order valence-electron chi connectivity index (χ1n) is 7.55. The van der Waals surface area contributed by atoms with Crippen LogP contribution in [-0.2, 0) is 11.3 Å². The molecule has 6 nitrogen and oxygen atoms in total. The Morgan fingerprint density at radius 1 is 1.33 bits per heavy atom. The van der Waals surface area contributed by atoms with Crippen molar-refractivity contribution in [3.63, 3.8) is 0 Å². The van der Waals surface area contributed by atoms with Gasteiger partial charge in [-0.1, -0.05) is 18.9 Å². The van der Waals surface area contributed by atoms with Gasteiger partial charge in [0.05, 0.1) is 6.54 Å². The second kappa shape index (κ2) is 6.22. The Morgan fingerprint density at radius 3 is 3.05 bits per heavy atom. The number of rotatable bonds is 4. The molecule has 3 rings (SSSR count). The number of nitrogens with zero attached hydrogens (tertiary/aromatic N) is 3. The fraction of sp³-hybridized carbons (Fsp3) is 0.533. The van der Waals surface area contributed by atoms with E-state index >= 15 is 0 Å². The number of carbonyl (C=O) groups is 1. The van der Waals surface area contributed by atoms with Crippen molar-refractivity contribution in [1.29, 1.82) is 0 Å². The van der Waals surface area contributed by atoms with E-state index in [1.807, 2.05) is 28.8 Å². The van der Waals surface area contributed by atoms with Crippen LogP contribution < -0.4 is 11.1 Å². The monoisotopic (exact) mass is 287 g/mol. The topological polar surface area (TPSA) is 85.3 Å². The van der Waals surface area contributed by atoms with Gasteiger partial charge in [-0.2, -0.15) is 0 Å². The van der Waals surface area contributed by atoms with Crippen LogP contribution in [-0.4, -0.2) is 26.5 Å². The molecule has 2 heterocycles. The zero-order chi connectivity index (χ0) is 14.7. The van der Waals surface area contributed by atoms with Crippen molar-refractivity contribution in [2.75, 3.05) is 0 Å². The Kier molecular flexibility index (Phi) is 4.15. The summed E-state index contributed by atoms with van der Waals surface area (Å²) in [5.41, 5.74) is 6.87. The van der Waals surface area contributed by atoms with Gasteiger partial charge in [0.2, 0.25) is 5.91 Å². The first-order valence-corrected chi connectivity index (χ1v) is 7.55. The fourth-order valence-corrected chi connectivity index (χ4v) is 2.99. The van der Waals surface area contributed by atoms with Gasteiger partial charge in [-0.15, -0.1) is 10.2 Å². The Labute approximate surface area is 123 Å². The van der Waals surface area contributed by atoms with Crippen molar-refractivity contribution in [3.8, 4) is 0 Å². The maximum atomic E-state index is 12.1. The Hall–Kier alpha value is -1.95. The van der Waals surface area contributed by atoms with Crippen molar-refractivity contribution in [3.05, 3.63) is 30.2 Å². The van der Waals surface area contributed by atoms with Gasteiger partial charge < -0.3 is 11.1 Å². The number of pyridine rings is 1. The summed E-state index contributed by atoms with van der Waals surface area (Å²) in [5, 5.41) is 11.1. The van der Waals surface area contributed by atoms with Gasteiger partial charge in [0.25, 0.3) is 0 Å². The number of nitrogens with two attached hydrogens (primary N) is 1. The summed E-state index contributed by atoms with van der Waals surface area (Å²) in [4.78, 5) is 12.1. The summed E-state index contributed by atoms with van der Waals surface area (Å²) in [5.74, 6) is 1.10. The highest BCUT2D eigenvalue weighted by Crippen LogP contribution is 2.25. The van der Waals surface area contributed by atoms with Crippen LogP contribution in [0.5, 0.6) is 0 Å². The third-order valence-electron chi connectivity index (χ3n) is 4.24. The lowest BCUT2D eigenvalue weighted by Crippen LogP contribution is -2.37. The number of aromatic nitrogens is 3. The predicted molar refractivity (Wildman–Crippen MR) is 79.4 cm³/mol. The average molecular weight is 287 g/mol. The lowest BCUT2D eigenvalue weighted by Gasteiger charge is -2.27. The van der Waals surface area contributed by atoms with E-state index in [0.717, 1.165) is 24.3 Å². The molecule has 1 amide bonds. The SMILES string of the molecule is NC1CCCCC1CC(=O)NCc1nnc2ccccn12. The van der Waals surface area contributed by atoms with Crippen LogP contribution in [0.4, 0.5) is 0 Å². The third kappa shape index (κ3) is 3.21. The first-order chi connectivity index (χ1) is 10.2. The lowest BCUT2D eigenvalue weighted by molar-refractivity contribution is -0.122. The maximum absolute atomic E-state index is 12.1. The molecule has 0 aliphatic heterocycles. The number of nitrogens with one attached hydrogen (secondary N) is 1. The lowest BCUT2D eigenvalue weighted by atomic mass is 9.83. The number of hydrogen-bond donors (Lipinski definition) is 2. The fourth-order valence-electron chi connectivity index (χ4n) is 2.99. The maximum Gasteiger partial charge on any atom is 0.220 e. The molecule has 0 saturated heterocycles.